The van der Waals surface area contributed by atoms with Crippen molar-refractivity contribution in [3.8, 4) is 0 Å². The highest BCUT2D eigenvalue weighted by Gasteiger charge is 2.55. The van der Waals surface area contributed by atoms with Crippen LogP contribution in [0.1, 0.15) is 41.0 Å². The molecule has 0 spiro atoms. The normalized spacial score (nSPS) is 42.3. The van der Waals surface area contributed by atoms with Gasteiger partial charge in [0.2, 0.25) is 0 Å². The van der Waals surface area contributed by atoms with Gasteiger partial charge in [-0.2, -0.15) is 0 Å². The van der Waals surface area contributed by atoms with E-state index in [-0.39, 0.29) is 24.9 Å². The number of nitrogens with zero attached hydrogens (tertiary/aromatic N) is 6. The lowest BCUT2D eigenvalue weighted by Gasteiger charge is -2.22. The molecule has 4 aliphatic heterocycles. The average Bonchev–Trinajstić information content (AvgIpc) is 3.33. The van der Waals surface area contributed by atoms with Gasteiger partial charge in [-0.05, 0) is 45.2 Å². The molecule has 168 valence electrons. The summed E-state index contributed by atoms with van der Waals surface area (Å²) < 4.78 is 33.2. The zero-order valence-electron chi connectivity index (χ0n) is 17.6. The van der Waals surface area contributed by atoms with E-state index in [2.05, 4.69) is 20.1 Å². The Morgan fingerprint density at radius 1 is 0.800 bits per heavy atom. The van der Waals surface area contributed by atoms with Gasteiger partial charge in [0, 0.05) is 9.82 Å². The van der Waals surface area contributed by atoms with Crippen LogP contribution >= 0.6 is 0 Å². The third-order valence-electron chi connectivity index (χ3n) is 5.18. The van der Waals surface area contributed by atoms with Crippen LogP contribution in [0.15, 0.2) is 10.2 Å². The van der Waals surface area contributed by atoms with E-state index in [0.717, 1.165) is 6.42 Å². The Labute approximate surface area is 173 Å². The van der Waals surface area contributed by atoms with Gasteiger partial charge in [-0.3, -0.25) is 0 Å². The van der Waals surface area contributed by atoms with Gasteiger partial charge < -0.3 is 33.5 Å². The molecular formula is C17H28N6O7. The number of aliphatic hydroxyl groups excluding tert-OH is 1. The smallest absolute Gasteiger partial charge is 0.188 e. The van der Waals surface area contributed by atoms with Crippen molar-refractivity contribution in [2.45, 2.75) is 102 Å². The molecule has 4 fully saturated rings. The number of hydrogen-bond donors (Lipinski definition) is 1. The minimum Gasteiger partial charge on any atom is -0.394 e. The standard InChI is InChI=1S/C9H15N3O3.C8H13N3O4/c1-4-5-6(11-12-10)7-8(13-5)15-9(2,3)14-7;1-8(2)14-6-5(10-11-9)4(3-12)13-7(6)15-8/h5-8H,4H2,1-3H3;4-7,12H,3H2,1-2H3. The van der Waals surface area contributed by atoms with E-state index in [9.17, 15) is 0 Å². The fourth-order valence-electron chi connectivity index (χ4n) is 4.00. The second-order valence-electron chi connectivity index (χ2n) is 8.27. The molecule has 0 aromatic rings. The van der Waals surface area contributed by atoms with Crippen LogP contribution in [0.4, 0.5) is 0 Å². The molecule has 0 amide bonds. The second-order valence-corrected chi connectivity index (χ2v) is 8.27. The quantitative estimate of drug-likeness (QED) is 0.406. The van der Waals surface area contributed by atoms with Crippen LogP contribution in [0, 0.1) is 0 Å². The van der Waals surface area contributed by atoms with Crippen molar-refractivity contribution in [2.75, 3.05) is 6.61 Å². The molecule has 0 aliphatic carbocycles. The lowest BCUT2D eigenvalue weighted by Crippen LogP contribution is -2.34. The maximum atomic E-state index is 9.03. The summed E-state index contributed by atoms with van der Waals surface area (Å²) in [5, 5.41) is 16.3. The Hall–Kier alpha value is -1.66. The predicted molar refractivity (Wildman–Crippen MR) is 101 cm³/mol. The van der Waals surface area contributed by atoms with Gasteiger partial charge in [0.05, 0.1) is 30.9 Å². The van der Waals surface area contributed by atoms with Crippen molar-refractivity contribution in [1.29, 1.82) is 0 Å². The summed E-state index contributed by atoms with van der Waals surface area (Å²) in [6, 6.07) is -0.821. The van der Waals surface area contributed by atoms with Crippen LogP contribution in [0.3, 0.4) is 0 Å². The summed E-state index contributed by atoms with van der Waals surface area (Å²) in [5.74, 6) is -1.39. The molecule has 13 heteroatoms. The molecule has 0 bridgehead atoms. The minimum absolute atomic E-state index is 0.105. The van der Waals surface area contributed by atoms with E-state index in [1.54, 1.807) is 13.8 Å². The van der Waals surface area contributed by atoms with Crippen LogP contribution in [0.5, 0.6) is 0 Å². The van der Waals surface area contributed by atoms with Crippen LogP contribution < -0.4 is 0 Å². The highest BCUT2D eigenvalue weighted by molar-refractivity contribution is 4.98. The molecule has 0 saturated carbocycles. The maximum absolute atomic E-state index is 9.03. The number of hydrogen-bond acceptors (Lipinski definition) is 9. The molecule has 8 atom stereocenters. The molecule has 1 N–H and O–H groups in total. The van der Waals surface area contributed by atoms with Gasteiger partial charge in [-0.1, -0.05) is 17.2 Å². The van der Waals surface area contributed by atoms with E-state index < -0.39 is 42.4 Å². The van der Waals surface area contributed by atoms with E-state index in [1.807, 2.05) is 20.8 Å². The van der Waals surface area contributed by atoms with E-state index in [0.29, 0.717) is 0 Å². The fraction of sp³-hybridized carbons (Fsp3) is 1.00. The van der Waals surface area contributed by atoms with Crippen molar-refractivity contribution in [2.24, 2.45) is 10.2 Å². The zero-order chi connectivity index (χ0) is 22.1. The second kappa shape index (κ2) is 8.83. The van der Waals surface area contributed by atoms with Crippen molar-refractivity contribution in [3.63, 3.8) is 0 Å². The molecule has 4 heterocycles. The number of fused-ring (bicyclic) bond motifs is 2. The zero-order valence-corrected chi connectivity index (χ0v) is 17.6. The molecule has 8 unspecified atom stereocenters. The van der Waals surface area contributed by atoms with Crippen LogP contribution in [0.25, 0.3) is 20.9 Å². The van der Waals surface area contributed by atoms with E-state index in [1.165, 1.54) is 0 Å². The molecule has 30 heavy (non-hydrogen) atoms. The summed E-state index contributed by atoms with van der Waals surface area (Å²) >= 11 is 0. The first kappa shape index (κ1) is 23.0. The number of aliphatic hydroxyl groups is 1. The third-order valence-corrected chi connectivity index (χ3v) is 5.18. The molecule has 4 aliphatic rings. The van der Waals surface area contributed by atoms with Crippen molar-refractivity contribution in [3.05, 3.63) is 20.9 Å². The van der Waals surface area contributed by atoms with Crippen LogP contribution in [-0.4, -0.2) is 72.4 Å². The third kappa shape index (κ3) is 4.65. The first-order valence-electron chi connectivity index (χ1n) is 9.86. The predicted octanol–water partition coefficient (Wildman–Crippen LogP) is 2.49. The Balaban J connectivity index is 0.000000171. The monoisotopic (exact) mass is 428 g/mol. The minimum atomic E-state index is -0.737. The van der Waals surface area contributed by atoms with Crippen molar-refractivity contribution >= 4 is 0 Å². The summed E-state index contributed by atoms with van der Waals surface area (Å²) in [4.78, 5) is 5.56. The Morgan fingerprint density at radius 3 is 1.63 bits per heavy atom. The fourth-order valence-corrected chi connectivity index (χ4v) is 4.00. The molecule has 4 saturated heterocycles. The van der Waals surface area contributed by atoms with Gasteiger partial charge in [0.15, 0.2) is 24.2 Å². The maximum Gasteiger partial charge on any atom is 0.188 e. The topological polar surface area (TPSA) is 173 Å². The van der Waals surface area contributed by atoms with E-state index in [4.69, 9.17) is 44.6 Å². The first-order chi connectivity index (χ1) is 14.1. The molecule has 0 aromatic heterocycles. The highest BCUT2D eigenvalue weighted by Crippen LogP contribution is 2.40. The number of ether oxygens (including phenoxy) is 6. The molecule has 4 rings (SSSR count). The van der Waals surface area contributed by atoms with Gasteiger partial charge >= 0.3 is 0 Å². The highest BCUT2D eigenvalue weighted by atomic mass is 16.8. The Morgan fingerprint density at radius 2 is 1.23 bits per heavy atom. The Bertz CT molecular complexity index is 663. The Kier molecular flexibility index (Phi) is 6.78. The number of rotatable bonds is 4. The van der Waals surface area contributed by atoms with Crippen LogP contribution in [-0.2, 0) is 28.4 Å². The van der Waals surface area contributed by atoms with Crippen molar-refractivity contribution in [1.82, 2.24) is 0 Å². The lowest BCUT2D eigenvalue weighted by molar-refractivity contribution is -0.209. The molecule has 0 radical (unpaired) electrons. The summed E-state index contributed by atoms with van der Waals surface area (Å²) in [7, 11) is 0. The van der Waals surface area contributed by atoms with Crippen LogP contribution in [0.2, 0.25) is 0 Å². The molecule has 13 nitrogen and oxygen atoms in total. The molecular weight excluding hydrogens is 400 g/mol. The van der Waals surface area contributed by atoms with E-state index >= 15 is 0 Å². The lowest BCUT2D eigenvalue weighted by atomic mass is 10.1. The van der Waals surface area contributed by atoms with Gasteiger partial charge in [0.1, 0.15) is 12.2 Å². The summed E-state index contributed by atoms with van der Waals surface area (Å²) in [5.41, 5.74) is 16.9. The van der Waals surface area contributed by atoms with Crippen molar-refractivity contribution < 1.29 is 33.5 Å². The molecule has 0 aromatic carbocycles. The van der Waals surface area contributed by atoms with Gasteiger partial charge in [-0.25, -0.2) is 0 Å². The van der Waals surface area contributed by atoms with Gasteiger partial charge in [0.25, 0.3) is 0 Å². The average molecular weight is 428 g/mol. The summed E-state index contributed by atoms with van der Waals surface area (Å²) in [6.07, 6.45) is -1.55. The first-order valence-corrected chi connectivity index (χ1v) is 9.86. The largest absolute Gasteiger partial charge is 0.394 e. The summed E-state index contributed by atoms with van der Waals surface area (Å²) in [6.45, 7) is 8.93. The number of azide groups is 2. The van der Waals surface area contributed by atoms with Gasteiger partial charge in [-0.15, -0.1) is 0 Å². The SMILES string of the molecule is CC1(C)OC2OC(CO)C(N=[N+]=[N-])C2O1.CCC1OC2OC(C)(C)OC2C1N=[N+]=[N-].